The van der Waals surface area contributed by atoms with E-state index in [9.17, 15) is 18.0 Å². The average Bonchev–Trinajstić information content (AvgIpc) is 3.71. The Morgan fingerprint density at radius 1 is 1.04 bits per heavy atom. The lowest BCUT2D eigenvalue weighted by atomic mass is 9.86. The number of anilines is 2. The van der Waals surface area contributed by atoms with E-state index in [1.807, 2.05) is 32.2 Å². The van der Waals surface area contributed by atoms with Crippen LogP contribution in [0.15, 0.2) is 42.6 Å². The minimum Gasteiger partial charge on any atom is -0.466 e. The van der Waals surface area contributed by atoms with Crippen LogP contribution < -0.4 is 9.80 Å². The van der Waals surface area contributed by atoms with Gasteiger partial charge in [-0.1, -0.05) is 12.8 Å². The summed E-state index contributed by atoms with van der Waals surface area (Å²) in [6.45, 7) is 5.13. The molecule has 1 saturated heterocycles. The zero-order valence-corrected chi connectivity index (χ0v) is 29.0. The number of hydrogen-bond acceptors (Lipinski definition) is 8. The minimum atomic E-state index is -4.51. The molecule has 4 aromatic rings. The van der Waals surface area contributed by atoms with Gasteiger partial charge >= 0.3 is 12.1 Å². The molecular weight excluding hydrogens is 645 g/mol. The molecule has 0 spiro atoms. The Morgan fingerprint density at radius 2 is 1.76 bits per heavy atom. The fourth-order valence-electron chi connectivity index (χ4n) is 7.91. The number of H-pyrrole nitrogens is 1. The lowest BCUT2D eigenvalue weighted by molar-refractivity contribution is -0.148. The van der Waals surface area contributed by atoms with E-state index in [2.05, 4.69) is 31.9 Å². The van der Waals surface area contributed by atoms with E-state index >= 15 is 0 Å². The van der Waals surface area contributed by atoms with Crippen molar-refractivity contribution in [1.29, 1.82) is 0 Å². The van der Waals surface area contributed by atoms with E-state index in [-0.39, 0.29) is 28.9 Å². The number of imidazole rings is 1. The first kappa shape index (κ1) is 34.3. The van der Waals surface area contributed by atoms with Crippen LogP contribution in [0.3, 0.4) is 0 Å². The van der Waals surface area contributed by atoms with Gasteiger partial charge in [0.2, 0.25) is 0 Å². The molecule has 12 heteroatoms. The predicted octanol–water partition coefficient (Wildman–Crippen LogP) is 8.01. The third kappa shape index (κ3) is 7.04. The molecule has 266 valence electrons. The molecule has 3 aromatic heterocycles. The monoisotopic (exact) mass is 690 g/mol. The van der Waals surface area contributed by atoms with Gasteiger partial charge in [-0.05, 0) is 81.8 Å². The lowest BCUT2D eigenvalue weighted by Gasteiger charge is -2.34. The van der Waals surface area contributed by atoms with Crippen molar-refractivity contribution >= 4 is 28.5 Å². The number of carbonyl (C=O) groups excluding carboxylic acids is 1. The normalized spacial score (nSPS) is 18.2. The first-order valence-electron chi connectivity index (χ1n) is 17.8. The number of fused-ring (bicyclic) bond motifs is 1. The van der Waals surface area contributed by atoms with Crippen LogP contribution in [0.4, 0.5) is 24.5 Å². The fourth-order valence-corrected chi connectivity index (χ4v) is 7.91. The molecule has 4 heterocycles. The summed E-state index contributed by atoms with van der Waals surface area (Å²) >= 11 is 0. The van der Waals surface area contributed by atoms with Gasteiger partial charge in [-0.15, -0.1) is 0 Å². The third-order valence-electron chi connectivity index (χ3n) is 10.6. The number of halogens is 3. The number of nitrogens with one attached hydrogen (secondary N) is 1. The maximum Gasteiger partial charge on any atom is 0.418 e. The molecule has 0 amide bonds. The summed E-state index contributed by atoms with van der Waals surface area (Å²) in [6, 6.07) is 11.2. The molecule has 2 saturated carbocycles. The Morgan fingerprint density at radius 3 is 2.40 bits per heavy atom. The van der Waals surface area contributed by atoms with Crippen molar-refractivity contribution in [3.8, 4) is 22.6 Å². The van der Waals surface area contributed by atoms with Crippen LogP contribution in [0.25, 0.3) is 33.8 Å². The molecule has 3 fully saturated rings. The zero-order valence-electron chi connectivity index (χ0n) is 29.0. The second-order valence-electron chi connectivity index (χ2n) is 14.3. The number of rotatable bonds is 11. The summed E-state index contributed by atoms with van der Waals surface area (Å²) in [5.74, 6) is 0.310. The van der Waals surface area contributed by atoms with Crippen LogP contribution in [-0.4, -0.2) is 72.9 Å². The van der Waals surface area contributed by atoms with Crippen molar-refractivity contribution in [1.82, 2.24) is 19.9 Å². The van der Waals surface area contributed by atoms with Crippen molar-refractivity contribution in [2.24, 2.45) is 11.3 Å². The summed E-state index contributed by atoms with van der Waals surface area (Å²) in [5, 5.41) is 0. The molecule has 7 rings (SSSR count). The van der Waals surface area contributed by atoms with Gasteiger partial charge in [0.05, 0.1) is 41.8 Å². The summed E-state index contributed by atoms with van der Waals surface area (Å²) in [5.41, 5.74) is 4.02. The second kappa shape index (κ2) is 13.8. The first-order chi connectivity index (χ1) is 24.1. The highest BCUT2D eigenvalue weighted by Crippen LogP contribution is 2.46. The number of aromatic amines is 1. The number of nitrogens with zero attached hydrogens (tertiary/aromatic N) is 5. The Balaban J connectivity index is 1.22. The number of methoxy groups -OCH3 is 1. The lowest BCUT2D eigenvalue weighted by Crippen LogP contribution is -2.37. The molecule has 0 bridgehead atoms. The Hall–Kier alpha value is -4.19. The SMILES string of the molecule is CCOC(=O)C1CCN(c2ccc(-c3nc4nc(-c5cnc(C6CC6)c(C(F)(F)F)c5)cc(N(C)CC5(COC)CCCC5)c4[nH]3)cc2)CC1. The number of carbonyl (C=O) groups is 1. The summed E-state index contributed by atoms with van der Waals surface area (Å²) in [4.78, 5) is 34.2. The third-order valence-corrected chi connectivity index (χ3v) is 10.6. The predicted molar refractivity (Wildman–Crippen MR) is 187 cm³/mol. The zero-order chi connectivity index (χ0) is 35.0. The molecule has 1 aromatic carbocycles. The van der Waals surface area contributed by atoms with Gasteiger partial charge < -0.3 is 24.3 Å². The smallest absolute Gasteiger partial charge is 0.418 e. The van der Waals surface area contributed by atoms with Crippen LogP contribution >= 0.6 is 0 Å². The van der Waals surface area contributed by atoms with Crippen molar-refractivity contribution in [3.05, 3.63) is 53.9 Å². The Labute approximate surface area is 290 Å². The summed E-state index contributed by atoms with van der Waals surface area (Å²) in [6.07, 6.45) is 4.35. The molecule has 50 heavy (non-hydrogen) atoms. The highest BCUT2D eigenvalue weighted by molar-refractivity contribution is 5.91. The molecule has 0 atom stereocenters. The quantitative estimate of drug-likeness (QED) is 0.158. The molecule has 9 nitrogen and oxygen atoms in total. The Bertz CT molecular complexity index is 1820. The number of alkyl halides is 3. The van der Waals surface area contributed by atoms with E-state index in [0.29, 0.717) is 35.9 Å². The summed E-state index contributed by atoms with van der Waals surface area (Å²) in [7, 11) is 3.75. The molecular formula is C38H45F3N6O3. The summed E-state index contributed by atoms with van der Waals surface area (Å²) < 4.78 is 53.6. The van der Waals surface area contributed by atoms with Crippen molar-refractivity contribution < 1.29 is 27.4 Å². The van der Waals surface area contributed by atoms with E-state index in [1.54, 1.807) is 7.11 Å². The fraction of sp³-hybridized carbons (Fsp3) is 0.526. The van der Waals surface area contributed by atoms with Gasteiger partial charge in [-0.25, -0.2) is 9.97 Å². The van der Waals surface area contributed by atoms with Gasteiger partial charge in [0.15, 0.2) is 5.65 Å². The van der Waals surface area contributed by atoms with Crippen molar-refractivity contribution in [3.63, 3.8) is 0 Å². The number of hydrogen-bond donors (Lipinski definition) is 1. The number of pyridine rings is 2. The maximum absolute atomic E-state index is 14.2. The number of benzene rings is 1. The average molecular weight is 691 g/mol. The maximum atomic E-state index is 14.2. The van der Waals surface area contributed by atoms with Crippen molar-refractivity contribution in [2.45, 2.75) is 70.4 Å². The second-order valence-corrected chi connectivity index (χ2v) is 14.3. The number of aromatic nitrogens is 4. The van der Waals surface area contributed by atoms with E-state index in [1.165, 1.54) is 12.3 Å². The highest BCUT2D eigenvalue weighted by atomic mass is 19.4. The molecule has 3 aliphatic rings. The van der Waals surface area contributed by atoms with E-state index < -0.39 is 11.7 Å². The van der Waals surface area contributed by atoms with Crippen LogP contribution in [0.5, 0.6) is 0 Å². The van der Waals surface area contributed by atoms with Crippen LogP contribution in [0.1, 0.15) is 75.5 Å². The van der Waals surface area contributed by atoms with Crippen LogP contribution in [-0.2, 0) is 20.4 Å². The Kier molecular flexibility index (Phi) is 9.49. The number of ether oxygens (including phenoxy) is 2. The standard InChI is InChI=1S/C38H45F3N6O3/c1-4-50-36(48)26-13-17-47(18-14-26)28-11-9-25(10-12-28)34-44-33-31(46(2)22-37(23-49-3)15-5-6-16-37)20-30(43-35(33)45-34)27-19-29(38(39,40)41)32(42-21-27)24-7-8-24/h9-12,19-21,24,26H,4-8,13-18,22-23H2,1-3H3,(H,43,44,45). The topological polar surface area (TPSA) is 96.5 Å². The van der Waals surface area contributed by atoms with Crippen LogP contribution in [0, 0.1) is 11.3 Å². The van der Waals surface area contributed by atoms with Crippen molar-refractivity contribution in [2.75, 3.05) is 56.8 Å². The first-order valence-corrected chi connectivity index (χ1v) is 17.8. The largest absolute Gasteiger partial charge is 0.466 e. The van der Waals surface area contributed by atoms with Gasteiger partial charge in [0.1, 0.15) is 11.3 Å². The van der Waals surface area contributed by atoms with Gasteiger partial charge in [0, 0.05) is 68.1 Å². The van der Waals surface area contributed by atoms with E-state index in [0.717, 1.165) is 93.5 Å². The molecule has 2 aliphatic carbocycles. The molecule has 1 N–H and O–H groups in total. The van der Waals surface area contributed by atoms with Gasteiger partial charge in [0.25, 0.3) is 0 Å². The molecule has 0 unspecified atom stereocenters. The van der Waals surface area contributed by atoms with Gasteiger partial charge in [-0.2, -0.15) is 13.2 Å². The van der Waals surface area contributed by atoms with E-state index in [4.69, 9.17) is 19.4 Å². The van der Waals surface area contributed by atoms with Crippen LogP contribution in [0.2, 0.25) is 0 Å². The molecule has 0 radical (unpaired) electrons. The highest BCUT2D eigenvalue weighted by Gasteiger charge is 2.40. The van der Waals surface area contributed by atoms with Gasteiger partial charge in [-0.3, -0.25) is 9.78 Å². The molecule has 1 aliphatic heterocycles. The number of piperidine rings is 1. The number of esters is 1. The minimum absolute atomic E-state index is 0.0142.